The maximum atomic E-state index is 12.8. The number of unbranched alkanes of at least 4 members (excludes halogenated alkanes) is 26. The fraction of sp³-hybridized carbons (Fsp3) is 0.780. The first-order chi connectivity index (χ1) is 33.1. The van der Waals surface area contributed by atoms with Gasteiger partial charge in [-0.3, -0.25) is 9.59 Å². The van der Waals surface area contributed by atoms with Gasteiger partial charge in [-0.05, 0) is 77.0 Å². The van der Waals surface area contributed by atoms with Crippen molar-refractivity contribution in [2.75, 3.05) is 47.5 Å². The minimum absolute atomic E-state index is 0.144. The van der Waals surface area contributed by atoms with Gasteiger partial charge in [0.25, 0.3) is 0 Å². The van der Waals surface area contributed by atoms with Crippen molar-refractivity contribution in [3.8, 4) is 0 Å². The van der Waals surface area contributed by atoms with Crippen LogP contribution in [0, 0.1) is 0 Å². The maximum Gasteiger partial charge on any atom is 0.306 e. The molecule has 0 amide bonds. The molecule has 0 aliphatic rings. The lowest BCUT2D eigenvalue weighted by atomic mass is 10.0. The maximum absolute atomic E-state index is 12.8. The van der Waals surface area contributed by atoms with E-state index in [0.29, 0.717) is 17.4 Å². The number of carbonyl (C=O) groups is 3. The van der Waals surface area contributed by atoms with Crippen molar-refractivity contribution in [2.45, 2.75) is 251 Å². The van der Waals surface area contributed by atoms with E-state index in [0.717, 1.165) is 83.5 Å². The van der Waals surface area contributed by atoms with E-state index in [1.807, 2.05) is 21.1 Å². The number of carboxylic acid groups (broad SMARTS) is 1. The molecule has 0 bridgehead atoms. The van der Waals surface area contributed by atoms with Crippen molar-refractivity contribution in [3.05, 3.63) is 60.8 Å². The monoisotopic (exact) mass is 956 g/mol. The minimum atomic E-state index is -1.63. The van der Waals surface area contributed by atoms with E-state index >= 15 is 0 Å². The standard InChI is InChI=1S/C59H105NO8/c1-6-8-10-12-14-16-18-20-22-23-24-25-26-27-28-29-30-31-32-33-34-35-36-38-40-42-44-46-48-50-57(62)68-55(54-67-59(58(63)64)65-52-51-60(3,4)5)53-66-56(61)49-47-45-43-41-39-37-21-19-17-15-13-11-9-7-2/h13,15,18-21,23-24,26-27,55,59H,6-12,14,16-17,22,25,28-54H2,1-5H3/b15-13-,20-18-,21-19-,24-23-,27-26-. The summed E-state index contributed by atoms with van der Waals surface area (Å²) in [6.45, 7) is 4.68. The van der Waals surface area contributed by atoms with Gasteiger partial charge in [-0.15, -0.1) is 0 Å². The first kappa shape index (κ1) is 65.0. The summed E-state index contributed by atoms with van der Waals surface area (Å²) in [7, 11) is 5.91. The molecule has 0 saturated heterocycles. The molecule has 0 rings (SSSR count). The molecule has 0 N–H and O–H groups in total. The van der Waals surface area contributed by atoms with Crippen LogP contribution in [0.3, 0.4) is 0 Å². The van der Waals surface area contributed by atoms with Gasteiger partial charge in [0.15, 0.2) is 12.4 Å². The van der Waals surface area contributed by atoms with Crippen molar-refractivity contribution < 1.29 is 42.9 Å². The highest BCUT2D eigenvalue weighted by Gasteiger charge is 2.22. The molecule has 2 atom stereocenters. The fourth-order valence-electron chi connectivity index (χ4n) is 7.62. The summed E-state index contributed by atoms with van der Waals surface area (Å²) in [5.41, 5.74) is 0. The van der Waals surface area contributed by atoms with Gasteiger partial charge in [-0.25, -0.2) is 0 Å². The van der Waals surface area contributed by atoms with Gasteiger partial charge in [0.1, 0.15) is 13.2 Å². The van der Waals surface area contributed by atoms with E-state index in [1.165, 1.54) is 122 Å². The number of esters is 2. The minimum Gasteiger partial charge on any atom is -0.545 e. The molecular formula is C59H105NO8. The molecule has 0 radical (unpaired) electrons. The summed E-state index contributed by atoms with van der Waals surface area (Å²) < 4.78 is 22.6. The zero-order chi connectivity index (χ0) is 49.9. The second-order valence-electron chi connectivity index (χ2n) is 19.9. The number of carboxylic acids is 1. The number of allylic oxidation sites excluding steroid dienone is 10. The summed E-state index contributed by atoms with van der Waals surface area (Å²) in [6.07, 6.45) is 59.8. The summed E-state index contributed by atoms with van der Waals surface area (Å²) in [6, 6.07) is 0. The van der Waals surface area contributed by atoms with Crippen LogP contribution in [0.5, 0.6) is 0 Å². The van der Waals surface area contributed by atoms with Crippen LogP contribution >= 0.6 is 0 Å². The third-order valence-corrected chi connectivity index (χ3v) is 12.0. The molecule has 0 aliphatic heterocycles. The Labute approximate surface area is 418 Å². The lowest BCUT2D eigenvalue weighted by Gasteiger charge is -2.26. The summed E-state index contributed by atoms with van der Waals surface area (Å²) in [4.78, 5) is 37.2. The molecule has 0 aromatic rings. The number of aliphatic carboxylic acids is 1. The molecule has 0 heterocycles. The molecular weight excluding hydrogens is 851 g/mol. The molecule has 0 saturated carbocycles. The van der Waals surface area contributed by atoms with Crippen LogP contribution < -0.4 is 5.11 Å². The van der Waals surface area contributed by atoms with Gasteiger partial charge in [0, 0.05) is 12.8 Å². The van der Waals surface area contributed by atoms with Gasteiger partial charge in [0.05, 0.1) is 40.3 Å². The van der Waals surface area contributed by atoms with Gasteiger partial charge in [-0.1, -0.05) is 209 Å². The van der Waals surface area contributed by atoms with Crippen LogP contribution in [-0.2, 0) is 33.3 Å². The van der Waals surface area contributed by atoms with Crippen LogP contribution in [0.1, 0.15) is 239 Å². The van der Waals surface area contributed by atoms with E-state index < -0.39 is 24.3 Å². The molecule has 0 aromatic carbocycles. The topological polar surface area (TPSA) is 111 Å². The normalized spacial score (nSPS) is 13.2. The van der Waals surface area contributed by atoms with Crippen LogP contribution in [0.25, 0.3) is 0 Å². The molecule has 9 heteroatoms. The quantitative estimate of drug-likeness (QED) is 0.0195. The molecule has 9 nitrogen and oxygen atoms in total. The lowest BCUT2D eigenvalue weighted by Crippen LogP contribution is -2.44. The second-order valence-corrected chi connectivity index (χ2v) is 19.9. The zero-order valence-corrected chi connectivity index (χ0v) is 44.7. The molecule has 68 heavy (non-hydrogen) atoms. The number of quaternary nitrogens is 1. The van der Waals surface area contributed by atoms with Crippen molar-refractivity contribution in [2.24, 2.45) is 0 Å². The predicted octanol–water partition coefficient (Wildman–Crippen LogP) is 14.7. The summed E-state index contributed by atoms with van der Waals surface area (Å²) >= 11 is 0. The first-order valence-electron chi connectivity index (χ1n) is 27.9. The summed E-state index contributed by atoms with van der Waals surface area (Å²) in [5, 5.41) is 11.7. The van der Waals surface area contributed by atoms with Gasteiger partial charge in [0.2, 0.25) is 0 Å². The average molecular weight is 956 g/mol. The van der Waals surface area contributed by atoms with E-state index in [1.54, 1.807) is 0 Å². The Bertz CT molecular complexity index is 1300. The Hall–Kier alpha value is -3.01. The van der Waals surface area contributed by atoms with Gasteiger partial charge < -0.3 is 33.3 Å². The van der Waals surface area contributed by atoms with E-state index in [2.05, 4.69) is 74.6 Å². The molecule has 0 fully saturated rings. The Morgan fingerprint density at radius 2 is 0.809 bits per heavy atom. The smallest absolute Gasteiger partial charge is 0.306 e. The highest BCUT2D eigenvalue weighted by molar-refractivity contribution is 5.70. The summed E-state index contributed by atoms with van der Waals surface area (Å²) in [5.74, 6) is -2.30. The molecule has 394 valence electrons. The molecule has 0 aliphatic carbocycles. The number of ether oxygens (including phenoxy) is 4. The number of carbonyl (C=O) groups excluding carboxylic acids is 3. The molecule has 0 aromatic heterocycles. The van der Waals surface area contributed by atoms with Crippen molar-refractivity contribution >= 4 is 17.9 Å². The third-order valence-electron chi connectivity index (χ3n) is 12.0. The number of nitrogens with zero attached hydrogens (tertiary/aromatic N) is 1. The van der Waals surface area contributed by atoms with Crippen LogP contribution in [-0.4, -0.2) is 82.3 Å². The molecule has 2 unspecified atom stereocenters. The Balaban J connectivity index is 4.20. The van der Waals surface area contributed by atoms with Crippen LogP contribution in [0.2, 0.25) is 0 Å². The van der Waals surface area contributed by atoms with Crippen molar-refractivity contribution in [1.82, 2.24) is 0 Å². The number of hydrogen-bond donors (Lipinski definition) is 0. The number of likely N-dealkylation sites (N-methyl/N-ethyl adjacent to an activating group) is 1. The largest absolute Gasteiger partial charge is 0.545 e. The zero-order valence-electron chi connectivity index (χ0n) is 44.7. The fourth-order valence-corrected chi connectivity index (χ4v) is 7.62. The third kappa shape index (κ3) is 50.9. The van der Waals surface area contributed by atoms with Crippen molar-refractivity contribution in [3.63, 3.8) is 0 Å². The van der Waals surface area contributed by atoms with Gasteiger partial charge >= 0.3 is 11.9 Å². The van der Waals surface area contributed by atoms with Gasteiger partial charge in [-0.2, -0.15) is 0 Å². The van der Waals surface area contributed by atoms with Crippen LogP contribution in [0.4, 0.5) is 0 Å². The second kappa shape index (κ2) is 50.4. The lowest BCUT2D eigenvalue weighted by molar-refractivity contribution is -0.870. The Morgan fingerprint density at radius 3 is 1.22 bits per heavy atom. The van der Waals surface area contributed by atoms with E-state index in [4.69, 9.17) is 18.9 Å². The number of rotatable bonds is 51. The highest BCUT2D eigenvalue weighted by atomic mass is 16.7. The average Bonchev–Trinajstić information content (AvgIpc) is 3.30. The SMILES string of the molecule is CCCC/C=C\C/C=C\CCCCCCCC(=O)OCC(COC(OCC[N+](C)(C)C)C(=O)[O-])OC(=O)CCCCCCCCCCCCCCCC/C=C\C/C=C\C/C=C\CCCCCCC. The Kier molecular flexibility index (Phi) is 48.2. The van der Waals surface area contributed by atoms with Crippen molar-refractivity contribution in [1.29, 1.82) is 0 Å². The van der Waals surface area contributed by atoms with E-state index in [9.17, 15) is 19.5 Å². The highest BCUT2D eigenvalue weighted by Crippen LogP contribution is 2.15. The number of hydrogen-bond acceptors (Lipinski definition) is 8. The van der Waals surface area contributed by atoms with Crippen LogP contribution in [0.15, 0.2) is 60.8 Å². The van der Waals surface area contributed by atoms with E-state index in [-0.39, 0.29) is 38.6 Å². The predicted molar refractivity (Wildman–Crippen MR) is 283 cm³/mol. The Morgan fingerprint density at radius 1 is 0.441 bits per heavy atom. The first-order valence-corrected chi connectivity index (χ1v) is 27.9. The molecule has 0 spiro atoms.